The van der Waals surface area contributed by atoms with Gasteiger partial charge in [0, 0.05) is 12.5 Å². The van der Waals surface area contributed by atoms with Gasteiger partial charge in [0.1, 0.15) is 17.8 Å². The van der Waals surface area contributed by atoms with Crippen LogP contribution in [-0.2, 0) is 4.79 Å². The van der Waals surface area contributed by atoms with E-state index >= 15 is 0 Å². The van der Waals surface area contributed by atoms with Crippen LogP contribution in [0.2, 0.25) is 0 Å². The fourth-order valence-corrected chi connectivity index (χ4v) is 1.68. The van der Waals surface area contributed by atoms with E-state index in [1.54, 1.807) is 6.07 Å². The summed E-state index contributed by atoms with van der Waals surface area (Å²) < 4.78 is 10.7. The molecule has 0 unspecified atom stereocenters. The zero-order chi connectivity index (χ0) is 11.4. The third kappa shape index (κ3) is 2.92. The van der Waals surface area contributed by atoms with Gasteiger partial charge in [-0.25, -0.2) is 0 Å². The molecule has 0 radical (unpaired) electrons. The van der Waals surface area contributed by atoms with E-state index in [0.29, 0.717) is 26.9 Å². The maximum Gasteiger partial charge on any atom is 0.308 e. The molecule has 0 aliphatic heterocycles. The van der Waals surface area contributed by atoms with Crippen LogP contribution in [0.15, 0.2) is 12.1 Å². The molecule has 0 N–H and O–H groups in total. The molecule has 0 saturated heterocycles. The van der Waals surface area contributed by atoms with E-state index in [0.717, 1.165) is 0 Å². The Kier molecular flexibility index (Phi) is 4.07. The number of benzene rings is 1. The van der Waals surface area contributed by atoms with Crippen LogP contribution in [-0.4, -0.2) is 19.4 Å². The summed E-state index contributed by atoms with van der Waals surface area (Å²) in [6, 6.07) is 3.08. The van der Waals surface area contributed by atoms with Crippen molar-refractivity contribution >= 4 is 34.8 Å². The van der Waals surface area contributed by atoms with Gasteiger partial charge in [-0.2, -0.15) is 0 Å². The van der Waals surface area contributed by atoms with Gasteiger partial charge in [0.25, 0.3) is 0 Å². The highest BCUT2D eigenvalue weighted by atomic mass is 127. The van der Waals surface area contributed by atoms with Crippen LogP contribution in [0.3, 0.4) is 0 Å². The summed E-state index contributed by atoms with van der Waals surface area (Å²) in [5, 5.41) is 0. The largest absolute Gasteiger partial charge is 0.495 e. The van der Waals surface area contributed by atoms with Gasteiger partial charge in [-0.15, -0.1) is 0 Å². The highest BCUT2D eigenvalue weighted by Crippen LogP contribution is 2.31. The normalized spacial score (nSPS) is 9.53. The Bertz CT molecular complexity index is 401. The predicted octanol–water partition coefficient (Wildman–Crippen LogP) is 2.04. The predicted molar refractivity (Wildman–Crippen MR) is 62.4 cm³/mol. The van der Waals surface area contributed by atoms with Gasteiger partial charge in [0.2, 0.25) is 0 Å². The third-order valence-corrected chi connectivity index (χ3v) is 2.70. The molecule has 0 saturated carbocycles. The first-order valence-electron chi connectivity index (χ1n) is 4.09. The molecule has 0 amide bonds. The molecule has 0 aliphatic carbocycles. The topological polar surface area (TPSA) is 52.6 Å². The summed E-state index contributed by atoms with van der Waals surface area (Å²) in [5.41, 5.74) is 0.406. The standard InChI is InChI=1S/C10H9IO4/c1-6(13)15-9-4-7(5-12)3-8(14-2)10(9)11/h3-5H,1-2H3. The van der Waals surface area contributed by atoms with Crippen molar-refractivity contribution < 1.29 is 19.1 Å². The van der Waals surface area contributed by atoms with E-state index in [-0.39, 0.29) is 0 Å². The Morgan fingerprint density at radius 2 is 2.00 bits per heavy atom. The van der Waals surface area contributed by atoms with Crippen molar-refractivity contribution in [1.29, 1.82) is 0 Å². The lowest BCUT2D eigenvalue weighted by Crippen LogP contribution is -2.04. The fourth-order valence-electron chi connectivity index (χ4n) is 1.04. The molecule has 1 aromatic rings. The molecule has 15 heavy (non-hydrogen) atoms. The molecule has 4 nitrogen and oxygen atoms in total. The summed E-state index contributed by atoms with van der Waals surface area (Å²) >= 11 is 1.99. The number of carbonyl (C=O) groups is 2. The Labute approximate surface area is 101 Å². The highest BCUT2D eigenvalue weighted by Gasteiger charge is 2.11. The van der Waals surface area contributed by atoms with E-state index in [1.165, 1.54) is 20.1 Å². The Morgan fingerprint density at radius 3 is 2.47 bits per heavy atom. The van der Waals surface area contributed by atoms with Crippen LogP contribution in [0.5, 0.6) is 11.5 Å². The number of carbonyl (C=O) groups excluding carboxylic acids is 2. The van der Waals surface area contributed by atoms with E-state index in [4.69, 9.17) is 9.47 Å². The second kappa shape index (κ2) is 5.11. The van der Waals surface area contributed by atoms with Crippen LogP contribution in [0.4, 0.5) is 0 Å². The fraction of sp³-hybridized carbons (Fsp3) is 0.200. The summed E-state index contributed by atoms with van der Waals surface area (Å²) in [5.74, 6) is 0.416. The van der Waals surface area contributed by atoms with E-state index in [9.17, 15) is 9.59 Å². The first kappa shape index (κ1) is 12.0. The molecule has 0 fully saturated rings. The summed E-state index contributed by atoms with van der Waals surface area (Å²) in [4.78, 5) is 21.4. The zero-order valence-corrected chi connectivity index (χ0v) is 10.4. The zero-order valence-electron chi connectivity index (χ0n) is 8.24. The number of esters is 1. The monoisotopic (exact) mass is 320 g/mol. The van der Waals surface area contributed by atoms with Crippen molar-refractivity contribution in [3.63, 3.8) is 0 Å². The molecule has 1 rings (SSSR count). The smallest absolute Gasteiger partial charge is 0.308 e. The molecule has 80 valence electrons. The number of ether oxygens (including phenoxy) is 2. The minimum Gasteiger partial charge on any atom is -0.495 e. The second-order valence-corrected chi connectivity index (χ2v) is 3.83. The van der Waals surface area contributed by atoms with Crippen molar-refractivity contribution in [2.24, 2.45) is 0 Å². The van der Waals surface area contributed by atoms with E-state index in [1.807, 2.05) is 22.6 Å². The van der Waals surface area contributed by atoms with Crippen LogP contribution >= 0.6 is 22.6 Å². The van der Waals surface area contributed by atoms with Gasteiger partial charge in [0.05, 0.1) is 10.7 Å². The lowest BCUT2D eigenvalue weighted by molar-refractivity contribution is -0.131. The first-order valence-corrected chi connectivity index (χ1v) is 5.17. The lowest BCUT2D eigenvalue weighted by atomic mass is 10.2. The van der Waals surface area contributed by atoms with Crippen LogP contribution in [0.1, 0.15) is 17.3 Å². The number of methoxy groups -OCH3 is 1. The molecular weight excluding hydrogens is 311 g/mol. The highest BCUT2D eigenvalue weighted by molar-refractivity contribution is 14.1. The molecule has 0 aliphatic rings. The van der Waals surface area contributed by atoms with Crippen LogP contribution < -0.4 is 9.47 Å². The van der Waals surface area contributed by atoms with E-state index in [2.05, 4.69) is 0 Å². The molecule has 0 bridgehead atoms. The van der Waals surface area contributed by atoms with Gasteiger partial charge in [0.15, 0.2) is 0 Å². The van der Waals surface area contributed by atoms with Gasteiger partial charge >= 0.3 is 5.97 Å². The first-order chi connectivity index (χ1) is 7.08. The maximum atomic E-state index is 10.8. The van der Waals surface area contributed by atoms with Gasteiger partial charge in [-0.1, -0.05) is 0 Å². The van der Waals surface area contributed by atoms with Crippen molar-refractivity contribution in [1.82, 2.24) is 0 Å². The average Bonchev–Trinajstić information content (AvgIpc) is 2.20. The molecule has 0 aromatic heterocycles. The van der Waals surface area contributed by atoms with Gasteiger partial charge in [-0.05, 0) is 34.7 Å². The summed E-state index contributed by atoms with van der Waals surface area (Å²) in [7, 11) is 1.49. The van der Waals surface area contributed by atoms with Gasteiger partial charge < -0.3 is 9.47 Å². The molecule has 0 atom stereocenters. The molecule has 0 heterocycles. The number of hydrogen-bond donors (Lipinski definition) is 0. The number of aldehydes is 1. The van der Waals surface area contributed by atoms with Crippen LogP contribution in [0, 0.1) is 3.57 Å². The number of hydrogen-bond acceptors (Lipinski definition) is 4. The van der Waals surface area contributed by atoms with Crippen molar-refractivity contribution in [3.8, 4) is 11.5 Å². The van der Waals surface area contributed by atoms with Crippen molar-refractivity contribution in [3.05, 3.63) is 21.3 Å². The Balaban J connectivity index is 3.23. The van der Waals surface area contributed by atoms with Crippen molar-refractivity contribution in [2.75, 3.05) is 7.11 Å². The lowest BCUT2D eigenvalue weighted by Gasteiger charge is -2.09. The van der Waals surface area contributed by atoms with E-state index < -0.39 is 5.97 Å². The number of rotatable bonds is 3. The van der Waals surface area contributed by atoms with Crippen LogP contribution in [0.25, 0.3) is 0 Å². The number of halogens is 1. The SMILES string of the molecule is COc1cc(C=O)cc(OC(C)=O)c1I. The third-order valence-electron chi connectivity index (χ3n) is 1.64. The molecule has 5 heteroatoms. The summed E-state index contributed by atoms with van der Waals surface area (Å²) in [6.45, 7) is 1.30. The average molecular weight is 320 g/mol. The van der Waals surface area contributed by atoms with Gasteiger partial charge in [-0.3, -0.25) is 9.59 Å². The Hall–Kier alpha value is -1.11. The quantitative estimate of drug-likeness (QED) is 0.370. The molecule has 0 spiro atoms. The molecular formula is C10H9IO4. The molecule has 1 aromatic carbocycles. The summed E-state index contributed by atoms with van der Waals surface area (Å²) in [6.07, 6.45) is 0.672. The minimum absolute atomic E-state index is 0.338. The second-order valence-electron chi connectivity index (χ2n) is 2.75. The maximum absolute atomic E-state index is 10.8. The minimum atomic E-state index is -0.432. The Morgan fingerprint density at radius 1 is 1.40 bits per heavy atom. The van der Waals surface area contributed by atoms with Crippen molar-refractivity contribution in [2.45, 2.75) is 6.92 Å².